The molecular weight excluding hydrogens is 330 g/mol. The number of rotatable bonds is 19. The average Bonchev–Trinajstić information content (AvgIpc) is 2.53. The topological polar surface area (TPSA) is 66.8 Å². The lowest BCUT2D eigenvalue weighted by molar-refractivity contribution is -0.886. The van der Waals surface area contributed by atoms with Crippen LogP contribution in [0.15, 0.2) is 0 Å². The van der Waals surface area contributed by atoms with Gasteiger partial charge in [0.1, 0.15) is 12.6 Å². The highest BCUT2D eigenvalue weighted by Crippen LogP contribution is 2.12. The number of aliphatic hydroxyl groups is 1. The summed E-state index contributed by atoms with van der Waals surface area (Å²) in [4.78, 5) is 10.8. The molecule has 1 atom stereocenters. The van der Waals surface area contributed by atoms with Gasteiger partial charge in [0.2, 0.25) is 0 Å². The molecule has 0 aliphatic heterocycles. The number of nitrogens with zero attached hydrogens (tertiary/aromatic N) is 1. The number of carboxylic acid groups (broad SMARTS) is 1. The lowest BCUT2D eigenvalue weighted by atomic mass is 10.1. The Morgan fingerprint density at radius 2 is 1.35 bits per heavy atom. The van der Waals surface area contributed by atoms with E-state index < -0.39 is 12.1 Å². The zero-order valence-corrected chi connectivity index (χ0v) is 17.5. The van der Waals surface area contributed by atoms with E-state index in [4.69, 9.17) is 9.84 Å². The summed E-state index contributed by atoms with van der Waals surface area (Å²) in [6.07, 6.45) is 15.2. The van der Waals surface area contributed by atoms with E-state index in [0.717, 1.165) is 6.42 Å². The number of aliphatic carboxylic acids is 1. The molecule has 0 aliphatic rings. The molecular formula is C21H44NO4+. The zero-order valence-electron chi connectivity index (χ0n) is 17.5. The Morgan fingerprint density at radius 3 is 1.81 bits per heavy atom. The van der Waals surface area contributed by atoms with E-state index in [1.165, 1.54) is 70.6 Å². The van der Waals surface area contributed by atoms with Crippen molar-refractivity contribution >= 4 is 5.97 Å². The Hall–Kier alpha value is -0.650. The van der Waals surface area contributed by atoms with E-state index in [1.54, 1.807) is 0 Å². The Morgan fingerprint density at radius 1 is 0.885 bits per heavy atom. The molecule has 5 heteroatoms. The van der Waals surface area contributed by atoms with Gasteiger partial charge in [0.05, 0.1) is 20.7 Å². The normalized spacial score (nSPS) is 13.1. The minimum Gasteiger partial charge on any atom is -0.477 e. The number of quaternary nitrogens is 1. The first-order valence-electron chi connectivity index (χ1n) is 10.7. The summed E-state index contributed by atoms with van der Waals surface area (Å²) in [7, 11) is 3.62. The van der Waals surface area contributed by atoms with Gasteiger partial charge in [-0.25, -0.2) is 4.79 Å². The summed E-state index contributed by atoms with van der Waals surface area (Å²) in [6.45, 7) is 3.64. The van der Waals surface area contributed by atoms with Crippen LogP contribution in [-0.4, -0.2) is 67.2 Å². The van der Waals surface area contributed by atoms with Gasteiger partial charge in [-0.3, -0.25) is 0 Å². The van der Waals surface area contributed by atoms with Gasteiger partial charge in [0.25, 0.3) is 0 Å². The van der Waals surface area contributed by atoms with Crippen LogP contribution < -0.4 is 0 Å². The van der Waals surface area contributed by atoms with Crippen LogP contribution in [0.1, 0.15) is 84.0 Å². The van der Waals surface area contributed by atoms with E-state index in [2.05, 4.69) is 6.92 Å². The molecule has 0 spiro atoms. The summed E-state index contributed by atoms with van der Waals surface area (Å²) in [5.74, 6) is -0.848. The molecule has 0 bridgehead atoms. The van der Waals surface area contributed by atoms with Crippen molar-refractivity contribution in [1.82, 2.24) is 0 Å². The molecule has 0 aromatic carbocycles. The highest BCUT2D eigenvalue weighted by atomic mass is 16.5. The van der Waals surface area contributed by atoms with Crippen LogP contribution in [-0.2, 0) is 9.53 Å². The molecule has 0 aliphatic carbocycles. The summed E-state index contributed by atoms with van der Waals surface area (Å²) >= 11 is 0. The second-order valence-corrected chi connectivity index (χ2v) is 8.29. The first-order chi connectivity index (χ1) is 12.4. The van der Waals surface area contributed by atoms with Gasteiger partial charge in [-0.1, -0.05) is 77.6 Å². The Kier molecular flexibility index (Phi) is 16.1. The average molecular weight is 375 g/mol. The maximum absolute atomic E-state index is 10.8. The largest absolute Gasteiger partial charge is 0.477 e. The number of hydrogen-bond acceptors (Lipinski definition) is 3. The van der Waals surface area contributed by atoms with E-state index in [1.807, 2.05) is 14.1 Å². The number of likely N-dealkylation sites (N-methyl/N-ethyl adjacent to an activating group) is 1. The number of carboxylic acids is 1. The van der Waals surface area contributed by atoms with Crippen LogP contribution in [0.25, 0.3) is 0 Å². The van der Waals surface area contributed by atoms with Gasteiger partial charge in [-0.05, 0) is 6.42 Å². The molecule has 0 amide bonds. The smallest absolute Gasteiger partial charge is 0.359 e. The number of aliphatic hydroxyl groups excluding tert-OH is 1. The molecule has 0 aromatic rings. The van der Waals surface area contributed by atoms with Crippen molar-refractivity contribution in [2.24, 2.45) is 0 Å². The van der Waals surface area contributed by atoms with Crippen LogP contribution in [0, 0.1) is 0 Å². The monoisotopic (exact) mass is 374 g/mol. The number of ether oxygens (including phenoxy) is 1. The van der Waals surface area contributed by atoms with E-state index >= 15 is 0 Å². The Labute approximate surface area is 161 Å². The third kappa shape index (κ3) is 18.2. The number of unbranched alkanes of at least 4 members (excludes halogenated alkanes) is 11. The van der Waals surface area contributed by atoms with Crippen molar-refractivity contribution < 1.29 is 24.2 Å². The molecule has 5 nitrogen and oxygen atoms in total. The molecule has 0 heterocycles. The van der Waals surface area contributed by atoms with Crippen LogP contribution in [0.5, 0.6) is 0 Å². The van der Waals surface area contributed by atoms with E-state index in [0.29, 0.717) is 19.8 Å². The van der Waals surface area contributed by atoms with Crippen LogP contribution in [0.2, 0.25) is 0 Å². The molecule has 0 saturated heterocycles. The van der Waals surface area contributed by atoms with Crippen LogP contribution >= 0.6 is 0 Å². The van der Waals surface area contributed by atoms with Crippen molar-refractivity contribution in [2.75, 3.05) is 40.4 Å². The minimum atomic E-state index is -0.848. The molecule has 26 heavy (non-hydrogen) atoms. The fraction of sp³-hybridized carbons (Fsp3) is 0.952. The Bertz CT molecular complexity index is 334. The van der Waals surface area contributed by atoms with Gasteiger partial charge in [-0.2, -0.15) is 0 Å². The summed E-state index contributed by atoms with van der Waals surface area (Å²) in [5.41, 5.74) is 0. The lowest BCUT2D eigenvalue weighted by Crippen LogP contribution is -2.49. The molecule has 156 valence electrons. The number of carbonyl (C=O) groups is 1. The third-order valence-corrected chi connectivity index (χ3v) is 4.72. The van der Waals surface area contributed by atoms with Gasteiger partial charge < -0.3 is 19.4 Å². The zero-order chi connectivity index (χ0) is 19.7. The Balaban J connectivity index is 3.34. The lowest BCUT2D eigenvalue weighted by Gasteiger charge is -2.29. The molecule has 1 unspecified atom stereocenters. The molecule has 0 rings (SSSR count). The maximum Gasteiger partial charge on any atom is 0.359 e. The second kappa shape index (κ2) is 16.5. The minimum absolute atomic E-state index is 0.00972. The molecule has 0 radical (unpaired) electrons. The second-order valence-electron chi connectivity index (χ2n) is 8.29. The van der Waals surface area contributed by atoms with Crippen molar-refractivity contribution in [3.63, 3.8) is 0 Å². The summed E-state index contributed by atoms with van der Waals surface area (Å²) < 4.78 is 5.79. The first kappa shape index (κ1) is 25.4. The van der Waals surface area contributed by atoms with Gasteiger partial charge in [0, 0.05) is 6.61 Å². The highest BCUT2D eigenvalue weighted by Gasteiger charge is 2.23. The van der Waals surface area contributed by atoms with E-state index in [9.17, 15) is 9.90 Å². The van der Waals surface area contributed by atoms with Crippen LogP contribution in [0.4, 0.5) is 0 Å². The number of hydrogen-bond donors (Lipinski definition) is 2. The summed E-state index contributed by atoms with van der Waals surface area (Å²) in [5, 5.41) is 18.8. The highest BCUT2D eigenvalue weighted by molar-refractivity contribution is 5.67. The molecule has 2 N–H and O–H groups in total. The third-order valence-electron chi connectivity index (χ3n) is 4.72. The van der Waals surface area contributed by atoms with Crippen molar-refractivity contribution in [3.05, 3.63) is 0 Å². The standard InChI is InChI=1S/C21H43NO4/c1-4-5-6-7-8-9-10-11-12-13-14-15-16-26-19-20(23)17-22(2,3)18-21(24)25/h20,23H,4-19H2,1-3H3/p+1. The molecule has 0 saturated carbocycles. The summed E-state index contributed by atoms with van der Waals surface area (Å²) in [6, 6.07) is 0. The fourth-order valence-corrected chi connectivity index (χ4v) is 3.32. The van der Waals surface area contributed by atoms with Crippen molar-refractivity contribution in [2.45, 2.75) is 90.1 Å². The predicted octanol–water partition coefficient (Wildman–Crippen LogP) is 4.23. The quantitative estimate of drug-likeness (QED) is 0.262. The molecule has 0 fully saturated rings. The maximum atomic E-state index is 10.8. The predicted molar refractivity (Wildman–Crippen MR) is 107 cm³/mol. The molecule has 0 aromatic heterocycles. The fourth-order valence-electron chi connectivity index (χ4n) is 3.32. The van der Waals surface area contributed by atoms with Gasteiger partial charge in [0.15, 0.2) is 6.54 Å². The van der Waals surface area contributed by atoms with Gasteiger partial charge in [-0.15, -0.1) is 0 Å². The van der Waals surface area contributed by atoms with E-state index in [-0.39, 0.29) is 11.0 Å². The van der Waals surface area contributed by atoms with Crippen molar-refractivity contribution in [1.29, 1.82) is 0 Å². The SMILES string of the molecule is CCCCCCCCCCCCCCOCC(O)C[N+](C)(C)CC(=O)O. The van der Waals surface area contributed by atoms with Crippen LogP contribution in [0.3, 0.4) is 0 Å². The van der Waals surface area contributed by atoms with Gasteiger partial charge >= 0.3 is 5.97 Å². The van der Waals surface area contributed by atoms with Crippen molar-refractivity contribution in [3.8, 4) is 0 Å². The first-order valence-corrected chi connectivity index (χ1v) is 10.7.